The number of aliphatic hydroxyl groups is 2. The molecule has 7 rings (SSSR count). The van der Waals surface area contributed by atoms with Crippen LogP contribution in [0.3, 0.4) is 0 Å². The molecule has 16 nitrogen and oxygen atoms in total. The average Bonchev–Trinajstić information content (AvgIpc) is 4.06. The number of anilines is 4. The molecule has 19 heteroatoms. The summed E-state index contributed by atoms with van der Waals surface area (Å²) in [6, 6.07) is 43.1. The highest BCUT2D eigenvalue weighted by Gasteiger charge is 2.17. The van der Waals surface area contributed by atoms with Gasteiger partial charge in [-0.05, 0) is 128 Å². The van der Waals surface area contributed by atoms with E-state index in [2.05, 4.69) is 203 Å². The summed E-state index contributed by atoms with van der Waals surface area (Å²) in [7, 11) is 0. The molecule has 2 atom stereocenters. The van der Waals surface area contributed by atoms with Crippen molar-refractivity contribution in [3.05, 3.63) is 167 Å². The van der Waals surface area contributed by atoms with E-state index in [0.717, 1.165) is 97.4 Å². The molecule has 0 radical (unpaired) electrons. The summed E-state index contributed by atoms with van der Waals surface area (Å²) in [6.45, 7) is 24.4. The lowest BCUT2D eigenvalue weighted by atomic mass is 10.0. The van der Waals surface area contributed by atoms with Crippen molar-refractivity contribution in [3.63, 3.8) is 0 Å². The second-order valence-corrected chi connectivity index (χ2v) is 22.6. The third-order valence-electron chi connectivity index (χ3n) is 13.9. The molecule has 0 fully saturated rings. The van der Waals surface area contributed by atoms with E-state index in [1.807, 2.05) is 0 Å². The quantitative estimate of drug-likeness (QED) is 0.0177. The smallest absolute Gasteiger partial charge is 0.175 e. The topological polar surface area (TPSA) is 188 Å². The van der Waals surface area contributed by atoms with Crippen LogP contribution in [-0.4, -0.2) is 144 Å². The highest BCUT2D eigenvalue weighted by molar-refractivity contribution is 8.03. The van der Waals surface area contributed by atoms with Crippen molar-refractivity contribution in [2.45, 2.75) is 76.3 Å². The normalized spacial score (nSPS) is 12.1. The first-order valence-corrected chi connectivity index (χ1v) is 31.2. The fourth-order valence-corrected chi connectivity index (χ4v) is 12.0. The first-order chi connectivity index (χ1) is 40.4. The van der Waals surface area contributed by atoms with E-state index >= 15 is 0 Å². The number of phenols is 2. The van der Waals surface area contributed by atoms with Gasteiger partial charge in [-0.1, -0.05) is 83.4 Å². The maximum absolute atomic E-state index is 10.9. The number of phenolic OH excluding ortho intramolecular Hbond substituents is 2. The van der Waals surface area contributed by atoms with Gasteiger partial charge in [0.25, 0.3) is 0 Å². The number of hydrogen-bond donors (Lipinski definition) is 4. The number of ether oxygens (including phenoxy) is 2. The van der Waals surface area contributed by atoms with Crippen LogP contribution in [0.25, 0.3) is 0 Å². The number of aliphatic hydroxyl groups excluding tert-OH is 2. The van der Waals surface area contributed by atoms with Gasteiger partial charge in [0.2, 0.25) is 0 Å². The summed E-state index contributed by atoms with van der Waals surface area (Å²) < 4.78 is 13.0. The summed E-state index contributed by atoms with van der Waals surface area (Å²) in [4.78, 5) is 9.17. The van der Waals surface area contributed by atoms with Crippen LogP contribution in [0.5, 0.6) is 23.0 Å². The summed E-state index contributed by atoms with van der Waals surface area (Å²) in [6.07, 6.45) is 1.36. The van der Waals surface area contributed by atoms with Gasteiger partial charge in [-0.15, -0.1) is 20.4 Å². The van der Waals surface area contributed by atoms with Crippen LogP contribution in [0.15, 0.2) is 163 Å². The maximum Gasteiger partial charge on any atom is 0.175 e. The molecule has 1 heterocycles. The highest BCUT2D eigenvalue weighted by Crippen LogP contribution is 2.31. The second-order valence-electron chi connectivity index (χ2n) is 19.1. The molecule has 7 aromatic rings. The number of nitrogens with zero attached hydrogens (tertiary/aromatic N) is 10. The molecular weight excluding hydrogens is 1100 g/mol. The van der Waals surface area contributed by atoms with E-state index in [-0.39, 0.29) is 24.7 Å². The Morgan fingerprint density at radius 1 is 0.458 bits per heavy atom. The predicted octanol–water partition coefficient (Wildman–Crippen LogP) is 12.1. The zero-order chi connectivity index (χ0) is 59.1. The van der Waals surface area contributed by atoms with Crippen molar-refractivity contribution in [2.75, 3.05) is 96.7 Å². The van der Waals surface area contributed by atoms with Gasteiger partial charge < -0.3 is 49.5 Å². The Morgan fingerprint density at radius 2 is 0.747 bits per heavy atom. The fraction of sp³-hybridized carbons (Fsp3) is 0.344. The predicted molar refractivity (Wildman–Crippen MR) is 347 cm³/mol. The van der Waals surface area contributed by atoms with Crippen LogP contribution >= 0.6 is 34.9 Å². The molecule has 0 aliphatic carbocycles. The summed E-state index contributed by atoms with van der Waals surface area (Å²) >= 11 is 4.05. The SMILES string of the molecule is CCN(CC)c1ccc(C(=NN=Cc2ccc(OCC(O)CSc3nnc(SCC(O)COc4ccc(C=NN=C(c5ccc(N(CC)CC)cc5)c5ccc(N(CC)CC)cc5)c(O)c4)s3)cc2O)c2ccc(N(CC)CC)cc2)cc1. The van der Waals surface area contributed by atoms with Crippen LogP contribution in [0, 0.1) is 0 Å². The Balaban J connectivity index is 0.869. The average molecular weight is 1180 g/mol. The molecule has 0 saturated heterocycles. The minimum absolute atomic E-state index is 0.00988. The Morgan fingerprint density at radius 3 is 1.01 bits per heavy atom. The van der Waals surface area contributed by atoms with Crippen LogP contribution in [0.4, 0.5) is 22.7 Å². The van der Waals surface area contributed by atoms with E-state index in [9.17, 15) is 20.4 Å². The Kier molecular flexibility index (Phi) is 24.7. The van der Waals surface area contributed by atoms with E-state index in [4.69, 9.17) is 9.47 Å². The Bertz CT molecular complexity index is 2890. The third-order valence-corrected chi connectivity index (χ3v) is 17.3. The lowest BCUT2D eigenvalue weighted by Gasteiger charge is -2.22. The van der Waals surface area contributed by atoms with E-state index < -0.39 is 12.2 Å². The van der Waals surface area contributed by atoms with Gasteiger partial charge in [-0.3, -0.25) is 0 Å². The zero-order valence-corrected chi connectivity index (χ0v) is 51.2. The number of benzene rings is 6. The van der Waals surface area contributed by atoms with Crippen molar-refractivity contribution in [2.24, 2.45) is 20.4 Å². The molecule has 0 spiro atoms. The standard InChI is InChI=1S/C64H78N10O6S3/c1-9-71(10-2)51-27-17-45(18-28-51)61(46-19-29-52(30-20-46)72(11-3)12-4)67-65-39-49-25-35-57(37-59(49)77)79-41-55(75)43-81-63-69-70-64(83-63)82-44-56(76)42-80-58-36-26-50(60(78)38-58)40-66-68-62(47-21-31-53(32-22-47)73(13-5)14-6)48-23-33-54(34-24-48)74(15-7)16-8/h17-40,55-56,75-78H,9-16,41-44H2,1-8H3. The molecule has 2 unspecified atom stereocenters. The molecule has 6 aromatic carbocycles. The highest BCUT2D eigenvalue weighted by atomic mass is 32.2. The van der Waals surface area contributed by atoms with Crippen LogP contribution in [-0.2, 0) is 0 Å². The summed E-state index contributed by atoms with van der Waals surface area (Å²) in [5.74, 6) is 1.30. The van der Waals surface area contributed by atoms with Gasteiger partial charge in [0.1, 0.15) is 47.6 Å². The number of aromatic nitrogens is 2. The molecule has 83 heavy (non-hydrogen) atoms. The van der Waals surface area contributed by atoms with E-state index in [1.54, 1.807) is 24.3 Å². The van der Waals surface area contributed by atoms with Gasteiger partial charge in [-0.25, -0.2) is 0 Å². The fourth-order valence-electron chi connectivity index (χ4n) is 9.11. The summed E-state index contributed by atoms with van der Waals surface area (Å²) in [5, 5.41) is 70.1. The summed E-state index contributed by atoms with van der Waals surface area (Å²) in [5.41, 5.74) is 10.6. The molecule has 0 aliphatic rings. The van der Waals surface area contributed by atoms with Crippen molar-refractivity contribution in [1.29, 1.82) is 0 Å². The maximum atomic E-state index is 10.9. The molecule has 0 aliphatic heterocycles. The minimum atomic E-state index is -0.836. The minimum Gasteiger partial charge on any atom is -0.507 e. The van der Waals surface area contributed by atoms with Crippen molar-refractivity contribution in [1.82, 2.24) is 10.2 Å². The third kappa shape index (κ3) is 18.0. The van der Waals surface area contributed by atoms with Gasteiger partial charge in [0.05, 0.1) is 24.6 Å². The largest absolute Gasteiger partial charge is 0.507 e. The first kappa shape index (κ1) is 63.2. The second kappa shape index (κ2) is 32.4. The molecule has 0 saturated carbocycles. The molecule has 438 valence electrons. The number of hydrogen-bond acceptors (Lipinski definition) is 19. The van der Waals surface area contributed by atoms with E-state index in [0.29, 0.717) is 54.2 Å². The Hall–Kier alpha value is -7.42. The molecular formula is C64H78N10O6S3. The molecule has 4 N–H and O–H groups in total. The number of aromatic hydroxyl groups is 2. The lowest BCUT2D eigenvalue weighted by molar-refractivity contribution is 0.126. The molecule has 0 amide bonds. The van der Waals surface area contributed by atoms with Crippen LogP contribution in [0.2, 0.25) is 0 Å². The number of rotatable bonds is 32. The van der Waals surface area contributed by atoms with E-state index in [1.165, 1.54) is 59.4 Å². The zero-order valence-electron chi connectivity index (χ0n) is 48.8. The van der Waals surface area contributed by atoms with Crippen LogP contribution < -0.4 is 29.1 Å². The Labute approximate surface area is 502 Å². The lowest BCUT2D eigenvalue weighted by Crippen LogP contribution is -2.22. The van der Waals surface area contributed by atoms with Crippen LogP contribution in [0.1, 0.15) is 88.8 Å². The van der Waals surface area contributed by atoms with Gasteiger partial charge in [0.15, 0.2) is 8.68 Å². The van der Waals surface area contributed by atoms with Gasteiger partial charge in [0, 0.05) is 132 Å². The van der Waals surface area contributed by atoms with Crippen molar-refractivity contribution in [3.8, 4) is 23.0 Å². The monoisotopic (exact) mass is 1180 g/mol. The van der Waals surface area contributed by atoms with Crippen molar-refractivity contribution >= 4 is 81.5 Å². The van der Waals surface area contributed by atoms with Gasteiger partial charge in [-0.2, -0.15) is 10.2 Å². The molecule has 1 aromatic heterocycles. The van der Waals surface area contributed by atoms with Gasteiger partial charge >= 0.3 is 0 Å². The first-order valence-electron chi connectivity index (χ1n) is 28.4. The molecule has 0 bridgehead atoms. The number of thioether (sulfide) groups is 2. The van der Waals surface area contributed by atoms with Crippen molar-refractivity contribution < 1.29 is 29.9 Å².